The Morgan fingerprint density at radius 2 is 1.56 bits per heavy atom. The van der Waals surface area contributed by atoms with Gasteiger partial charge in [-0.25, -0.2) is 0 Å². The van der Waals surface area contributed by atoms with Crippen LogP contribution in [-0.2, 0) is 9.59 Å². The van der Waals surface area contributed by atoms with E-state index in [0.29, 0.717) is 11.5 Å². The van der Waals surface area contributed by atoms with Crippen LogP contribution in [0.25, 0.3) is 0 Å². The zero-order valence-electron chi connectivity index (χ0n) is 9.58. The van der Waals surface area contributed by atoms with Crippen LogP contribution in [0, 0.1) is 5.92 Å². The first-order valence-electron chi connectivity index (χ1n) is 5.39. The van der Waals surface area contributed by atoms with Crippen LogP contribution >= 0.6 is 0 Å². The summed E-state index contributed by atoms with van der Waals surface area (Å²) >= 11 is 0. The molecule has 0 heterocycles. The number of nitrogens with two attached hydrogens (primary N) is 2. The molecule has 0 radical (unpaired) electrons. The smallest absolute Gasteiger partial charge is 0.244 e. The lowest BCUT2D eigenvalue weighted by Gasteiger charge is -2.21. The van der Waals surface area contributed by atoms with Crippen LogP contribution in [0.4, 0.5) is 0 Å². The summed E-state index contributed by atoms with van der Waals surface area (Å²) < 4.78 is 0. The van der Waals surface area contributed by atoms with E-state index >= 15 is 0 Å². The third-order valence-corrected chi connectivity index (χ3v) is 2.62. The predicted molar refractivity (Wildman–Crippen MR) is 64.3 cm³/mol. The SMILES string of the molecule is C=C(C(N)=O)C1CCCCC1.C=CC(N)=O. The van der Waals surface area contributed by atoms with Crippen molar-refractivity contribution < 1.29 is 9.59 Å². The third-order valence-electron chi connectivity index (χ3n) is 2.62. The van der Waals surface area contributed by atoms with Crippen molar-refractivity contribution in [3.8, 4) is 0 Å². The van der Waals surface area contributed by atoms with Gasteiger partial charge in [0.25, 0.3) is 0 Å². The molecule has 0 aromatic carbocycles. The Morgan fingerprint density at radius 3 is 1.88 bits per heavy atom. The number of amides is 2. The van der Waals surface area contributed by atoms with Crippen molar-refractivity contribution >= 4 is 11.8 Å². The van der Waals surface area contributed by atoms with E-state index in [-0.39, 0.29) is 5.91 Å². The molecular weight excluding hydrogens is 204 g/mol. The van der Waals surface area contributed by atoms with Gasteiger partial charge in [-0.05, 0) is 24.8 Å². The Bertz CT molecular complexity index is 279. The zero-order valence-corrected chi connectivity index (χ0v) is 9.58. The summed E-state index contributed by atoms with van der Waals surface area (Å²) in [5.74, 6) is -0.428. The molecule has 1 saturated carbocycles. The molecule has 2 amide bonds. The molecule has 0 unspecified atom stereocenters. The van der Waals surface area contributed by atoms with E-state index in [2.05, 4.69) is 18.9 Å². The highest BCUT2D eigenvalue weighted by molar-refractivity contribution is 5.91. The standard InChI is InChI=1S/C9H15NO.C3H5NO/c1-7(9(10)11)8-5-3-2-4-6-8;1-2-3(4)5/h8H,1-6H2,(H2,10,11);2H,1H2,(H2,4,5). The molecule has 90 valence electrons. The van der Waals surface area contributed by atoms with Gasteiger partial charge in [-0.15, -0.1) is 0 Å². The second-order valence-corrected chi connectivity index (χ2v) is 3.83. The molecule has 0 bridgehead atoms. The number of hydrogen-bond acceptors (Lipinski definition) is 2. The molecule has 0 spiro atoms. The summed E-state index contributed by atoms with van der Waals surface area (Å²) in [6.07, 6.45) is 6.99. The van der Waals surface area contributed by atoms with Gasteiger partial charge in [-0.3, -0.25) is 9.59 Å². The number of hydrogen-bond donors (Lipinski definition) is 2. The van der Waals surface area contributed by atoms with Gasteiger partial charge in [-0.1, -0.05) is 32.4 Å². The van der Waals surface area contributed by atoms with Gasteiger partial charge in [-0.2, -0.15) is 0 Å². The van der Waals surface area contributed by atoms with E-state index in [1.54, 1.807) is 0 Å². The van der Waals surface area contributed by atoms with Gasteiger partial charge in [0.05, 0.1) is 0 Å². The summed E-state index contributed by atoms with van der Waals surface area (Å²) in [5, 5.41) is 0. The predicted octanol–water partition coefficient (Wildman–Crippen LogP) is 1.27. The van der Waals surface area contributed by atoms with E-state index in [9.17, 15) is 9.59 Å². The minimum Gasteiger partial charge on any atom is -0.366 e. The molecule has 4 heteroatoms. The van der Waals surface area contributed by atoms with Gasteiger partial charge in [0.15, 0.2) is 0 Å². The minimum absolute atomic E-state index is 0.322. The second kappa shape index (κ2) is 7.68. The van der Waals surface area contributed by atoms with Crippen LogP contribution in [0.1, 0.15) is 32.1 Å². The van der Waals surface area contributed by atoms with Crippen molar-refractivity contribution in [3.05, 3.63) is 24.8 Å². The summed E-state index contributed by atoms with van der Waals surface area (Å²) in [4.78, 5) is 20.2. The van der Waals surface area contributed by atoms with Crippen LogP contribution in [-0.4, -0.2) is 11.8 Å². The molecule has 0 aromatic rings. The Kier molecular flexibility index (Phi) is 6.92. The highest BCUT2D eigenvalue weighted by Gasteiger charge is 2.18. The van der Waals surface area contributed by atoms with Gasteiger partial charge in [0.1, 0.15) is 0 Å². The molecular formula is C12H20N2O2. The summed E-state index contributed by atoms with van der Waals surface area (Å²) in [6, 6.07) is 0. The Hall–Kier alpha value is -1.58. The number of carbonyl (C=O) groups is 2. The van der Waals surface area contributed by atoms with Crippen molar-refractivity contribution in [3.63, 3.8) is 0 Å². The quantitative estimate of drug-likeness (QED) is 0.707. The van der Waals surface area contributed by atoms with Crippen molar-refractivity contribution in [1.82, 2.24) is 0 Å². The fraction of sp³-hybridized carbons (Fsp3) is 0.500. The van der Waals surface area contributed by atoms with Crippen LogP contribution in [0.3, 0.4) is 0 Å². The summed E-state index contributed by atoms with van der Waals surface area (Å²) in [5.41, 5.74) is 10.3. The van der Waals surface area contributed by atoms with E-state index in [1.807, 2.05) is 0 Å². The maximum absolute atomic E-state index is 10.7. The number of primary amides is 2. The van der Waals surface area contributed by atoms with Crippen molar-refractivity contribution in [2.75, 3.05) is 0 Å². The van der Waals surface area contributed by atoms with Crippen molar-refractivity contribution in [2.24, 2.45) is 17.4 Å². The minimum atomic E-state index is -0.481. The fourth-order valence-corrected chi connectivity index (χ4v) is 1.65. The summed E-state index contributed by atoms with van der Waals surface area (Å²) in [6.45, 7) is 6.79. The molecule has 1 aliphatic rings. The highest BCUT2D eigenvalue weighted by atomic mass is 16.1. The first-order chi connectivity index (χ1) is 7.49. The molecule has 4 nitrogen and oxygen atoms in total. The maximum atomic E-state index is 10.7. The van der Waals surface area contributed by atoms with Crippen LogP contribution < -0.4 is 11.5 Å². The molecule has 0 atom stereocenters. The van der Waals surface area contributed by atoms with Crippen molar-refractivity contribution in [1.29, 1.82) is 0 Å². The highest BCUT2D eigenvalue weighted by Crippen LogP contribution is 2.28. The molecule has 16 heavy (non-hydrogen) atoms. The van der Waals surface area contributed by atoms with Crippen LogP contribution in [0.15, 0.2) is 24.8 Å². The Balaban J connectivity index is 0.000000385. The maximum Gasteiger partial charge on any atom is 0.244 e. The monoisotopic (exact) mass is 224 g/mol. The Labute approximate surface area is 96.4 Å². The van der Waals surface area contributed by atoms with E-state index < -0.39 is 5.91 Å². The lowest BCUT2D eigenvalue weighted by Crippen LogP contribution is -2.21. The molecule has 0 aromatic heterocycles. The normalized spacial score (nSPS) is 15.5. The second-order valence-electron chi connectivity index (χ2n) is 3.83. The third kappa shape index (κ3) is 6.01. The van der Waals surface area contributed by atoms with Gasteiger partial charge in [0, 0.05) is 5.57 Å². The zero-order chi connectivity index (χ0) is 12.6. The molecule has 4 N–H and O–H groups in total. The molecule has 0 saturated heterocycles. The number of rotatable bonds is 3. The van der Waals surface area contributed by atoms with Gasteiger partial charge in [0.2, 0.25) is 11.8 Å². The van der Waals surface area contributed by atoms with Crippen LogP contribution in [0.5, 0.6) is 0 Å². The average Bonchev–Trinajstić information content (AvgIpc) is 2.29. The number of carbonyl (C=O) groups excluding carboxylic acids is 2. The lowest BCUT2D eigenvalue weighted by molar-refractivity contribution is -0.115. The molecule has 0 aliphatic heterocycles. The van der Waals surface area contributed by atoms with Gasteiger partial charge < -0.3 is 11.5 Å². The molecule has 1 rings (SSSR count). The molecule has 1 aliphatic carbocycles. The lowest BCUT2D eigenvalue weighted by atomic mass is 9.84. The molecule has 1 fully saturated rings. The largest absolute Gasteiger partial charge is 0.366 e. The first-order valence-corrected chi connectivity index (χ1v) is 5.39. The van der Waals surface area contributed by atoms with Gasteiger partial charge >= 0.3 is 0 Å². The summed E-state index contributed by atoms with van der Waals surface area (Å²) in [7, 11) is 0. The first kappa shape index (κ1) is 14.4. The van der Waals surface area contributed by atoms with E-state index in [1.165, 1.54) is 19.3 Å². The van der Waals surface area contributed by atoms with E-state index in [0.717, 1.165) is 18.9 Å². The van der Waals surface area contributed by atoms with Crippen LogP contribution in [0.2, 0.25) is 0 Å². The fourth-order valence-electron chi connectivity index (χ4n) is 1.65. The average molecular weight is 224 g/mol. The van der Waals surface area contributed by atoms with E-state index in [4.69, 9.17) is 5.73 Å². The topological polar surface area (TPSA) is 86.2 Å². The van der Waals surface area contributed by atoms with Crippen molar-refractivity contribution in [2.45, 2.75) is 32.1 Å². The Morgan fingerprint density at radius 1 is 1.12 bits per heavy atom.